The normalized spacial score (nSPS) is 10.5. The average Bonchev–Trinajstić information content (AvgIpc) is 2.79. The molecule has 0 saturated carbocycles. The molecule has 1 N–H and O–H groups in total. The average molecular weight is 270 g/mol. The largest absolute Gasteiger partial charge is 0.475 e. The molecule has 0 fully saturated rings. The second-order valence-corrected chi connectivity index (χ2v) is 4.51. The molecule has 88 valence electrons. The van der Waals surface area contributed by atoms with Gasteiger partial charge in [0.1, 0.15) is 5.69 Å². The fraction of sp³-hybridized carbons (Fsp3) is 0.0909. The highest BCUT2D eigenvalue weighted by Gasteiger charge is 2.14. The second kappa shape index (κ2) is 4.81. The Morgan fingerprint density at radius 1 is 1.47 bits per heavy atom. The Kier molecular flexibility index (Phi) is 3.40. The Morgan fingerprint density at radius 2 is 2.24 bits per heavy atom. The van der Waals surface area contributed by atoms with Crippen molar-refractivity contribution in [2.45, 2.75) is 4.90 Å². The van der Waals surface area contributed by atoms with Gasteiger partial charge in [0.05, 0.1) is 5.02 Å². The van der Waals surface area contributed by atoms with Crippen molar-refractivity contribution < 1.29 is 14.4 Å². The quantitative estimate of drug-likeness (QED) is 0.865. The van der Waals surface area contributed by atoms with Gasteiger partial charge in [0.25, 0.3) is 0 Å². The lowest BCUT2D eigenvalue weighted by Crippen LogP contribution is -1.91. The summed E-state index contributed by atoms with van der Waals surface area (Å²) in [7, 11) is 0. The van der Waals surface area contributed by atoms with E-state index in [4.69, 9.17) is 21.2 Å². The van der Waals surface area contributed by atoms with E-state index in [2.05, 4.69) is 5.16 Å². The standard InChI is InChI=1S/C11H8ClNO3S/c1-17-6-2-3-8(12)7(4-6)9-5-10(11(14)15)16-13-9/h2-5H,1H3,(H,14,15). The van der Waals surface area contributed by atoms with Crippen LogP contribution in [-0.2, 0) is 0 Å². The van der Waals surface area contributed by atoms with Crippen LogP contribution in [0, 0.1) is 0 Å². The zero-order valence-electron chi connectivity index (χ0n) is 8.81. The highest BCUT2D eigenvalue weighted by atomic mass is 35.5. The molecule has 0 unspecified atom stereocenters. The van der Waals surface area contributed by atoms with E-state index in [1.165, 1.54) is 6.07 Å². The first-order valence-electron chi connectivity index (χ1n) is 4.65. The Hall–Kier alpha value is -1.46. The third-order valence-electron chi connectivity index (χ3n) is 2.17. The molecular formula is C11H8ClNO3S. The fourth-order valence-electron chi connectivity index (χ4n) is 1.33. The number of nitrogens with zero attached hydrogens (tertiary/aromatic N) is 1. The second-order valence-electron chi connectivity index (χ2n) is 3.23. The highest BCUT2D eigenvalue weighted by Crippen LogP contribution is 2.31. The summed E-state index contributed by atoms with van der Waals surface area (Å²) in [6.07, 6.45) is 1.94. The number of thioether (sulfide) groups is 1. The first-order valence-corrected chi connectivity index (χ1v) is 6.26. The summed E-state index contributed by atoms with van der Waals surface area (Å²) in [6, 6.07) is 6.83. The van der Waals surface area contributed by atoms with Crippen LogP contribution in [0.15, 0.2) is 33.7 Å². The van der Waals surface area contributed by atoms with E-state index in [-0.39, 0.29) is 5.76 Å². The maximum Gasteiger partial charge on any atom is 0.374 e. The van der Waals surface area contributed by atoms with Crippen molar-refractivity contribution >= 4 is 29.3 Å². The molecule has 17 heavy (non-hydrogen) atoms. The van der Waals surface area contributed by atoms with Crippen LogP contribution in [0.3, 0.4) is 0 Å². The monoisotopic (exact) mass is 269 g/mol. The first kappa shape index (κ1) is 12.0. The summed E-state index contributed by atoms with van der Waals surface area (Å²) in [4.78, 5) is 11.7. The van der Waals surface area contributed by atoms with Gasteiger partial charge in [0.15, 0.2) is 0 Å². The van der Waals surface area contributed by atoms with Crippen LogP contribution in [0.25, 0.3) is 11.3 Å². The van der Waals surface area contributed by atoms with Crippen LogP contribution in [-0.4, -0.2) is 22.5 Å². The van der Waals surface area contributed by atoms with E-state index in [1.807, 2.05) is 18.4 Å². The Morgan fingerprint density at radius 3 is 2.82 bits per heavy atom. The van der Waals surface area contributed by atoms with Crippen molar-refractivity contribution in [3.8, 4) is 11.3 Å². The van der Waals surface area contributed by atoms with E-state index < -0.39 is 5.97 Å². The minimum Gasteiger partial charge on any atom is -0.475 e. The molecule has 0 spiro atoms. The summed E-state index contributed by atoms with van der Waals surface area (Å²) < 4.78 is 4.69. The third-order valence-corrected chi connectivity index (χ3v) is 3.23. The minimum absolute atomic E-state index is 0.203. The highest BCUT2D eigenvalue weighted by molar-refractivity contribution is 7.98. The lowest BCUT2D eigenvalue weighted by molar-refractivity contribution is 0.0652. The van der Waals surface area contributed by atoms with Crippen molar-refractivity contribution in [2.75, 3.05) is 6.26 Å². The van der Waals surface area contributed by atoms with Gasteiger partial charge in [-0.25, -0.2) is 4.79 Å². The Balaban J connectivity index is 2.47. The zero-order chi connectivity index (χ0) is 12.4. The molecule has 0 saturated heterocycles. The van der Waals surface area contributed by atoms with Crippen LogP contribution >= 0.6 is 23.4 Å². The summed E-state index contributed by atoms with van der Waals surface area (Å²) in [5.74, 6) is -1.36. The van der Waals surface area contributed by atoms with Crippen LogP contribution in [0.1, 0.15) is 10.6 Å². The van der Waals surface area contributed by atoms with Gasteiger partial charge in [-0.05, 0) is 24.5 Å². The van der Waals surface area contributed by atoms with Crippen LogP contribution in [0.5, 0.6) is 0 Å². The number of carboxylic acids is 1. The molecule has 1 aromatic heterocycles. The number of carboxylic acid groups (broad SMARTS) is 1. The van der Waals surface area contributed by atoms with Gasteiger partial charge in [0.2, 0.25) is 5.76 Å². The van der Waals surface area contributed by atoms with Crippen molar-refractivity contribution in [1.82, 2.24) is 5.16 Å². The molecule has 1 aromatic carbocycles. The van der Waals surface area contributed by atoms with Gasteiger partial charge in [-0.2, -0.15) is 0 Å². The maximum atomic E-state index is 10.7. The maximum absolute atomic E-state index is 10.7. The lowest BCUT2D eigenvalue weighted by atomic mass is 10.1. The minimum atomic E-state index is -1.15. The predicted molar refractivity (Wildman–Crippen MR) is 65.7 cm³/mol. The number of rotatable bonds is 3. The summed E-state index contributed by atoms with van der Waals surface area (Å²) in [6.45, 7) is 0. The summed E-state index contributed by atoms with van der Waals surface area (Å²) in [5.41, 5.74) is 1.08. The van der Waals surface area contributed by atoms with Crippen LogP contribution in [0.2, 0.25) is 5.02 Å². The number of carbonyl (C=O) groups is 1. The predicted octanol–water partition coefficient (Wildman–Crippen LogP) is 3.42. The van der Waals surface area contributed by atoms with Crippen LogP contribution < -0.4 is 0 Å². The molecule has 0 atom stereocenters. The van der Waals surface area contributed by atoms with E-state index in [9.17, 15) is 4.79 Å². The zero-order valence-corrected chi connectivity index (χ0v) is 10.4. The van der Waals surface area contributed by atoms with Crippen LogP contribution in [0.4, 0.5) is 0 Å². The molecule has 6 heteroatoms. The molecule has 4 nitrogen and oxygen atoms in total. The number of benzene rings is 1. The van der Waals surface area contributed by atoms with Gasteiger partial charge in [0, 0.05) is 16.5 Å². The van der Waals surface area contributed by atoms with Gasteiger partial charge < -0.3 is 9.63 Å². The smallest absolute Gasteiger partial charge is 0.374 e. The van der Waals surface area contributed by atoms with Crippen molar-refractivity contribution in [3.05, 3.63) is 35.0 Å². The van der Waals surface area contributed by atoms with E-state index >= 15 is 0 Å². The Bertz CT molecular complexity index is 568. The van der Waals surface area contributed by atoms with E-state index in [0.717, 1.165) is 4.90 Å². The van der Waals surface area contributed by atoms with Gasteiger partial charge in [-0.3, -0.25) is 0 Å². The fourth-order valence-corrected chi connectivity index (χ4v) is 1.98. The lowest BCUT2D eigenvalue weighted by Gasteiger charge is -2.02. The molecule has 0 bridgehead atoms. The molecule has 0 radical (unpaired) electrons. The molecule has 0 aliphatic rings. The molecule has 2 aromatic rings. The third kappa shape index (κ3) is 2.45. The molecule has 1 heterocycles. The van der Waals surface area contributed by atoms with E-state index in [1.54, 1.807) is 17.8 Å². The Labute approximate surface area is 107 Å². The summed E-state index contributed by atoms with van der Waals surface area (Å²) in [5, 5.41) is 12.9. The summed E-state index contributed by atoms with van der Waals surface area (Å²) >= 11 is 7.60. The van der Waals surface area contributed by atoms with Gasteiger partial charge in [-0.15, -0.1) is 11.8 Å². The van der Waals surface area contributed by atoms with E-state index in [0.29, 0.717) is 16.3 Å². The van der Waals surface area contributed by atoms with Crippen molar-refractivity contribution in [3.63, 3.8) is 0 Å². The topological polar surface area (TPSA) is 63.3 Å². The number of aromatic nitrogens is 1. The molecule has 2 rings (SSSR count). The molecule has 0 aliphatic heterocycles. The van der Waals surface area contributed by atoms with Crippen molar-refractivity contribution in [2.24, 2.45) is 0 Å². The van der Waals surface area contributed by atoms with Crippen molar-refractivity contribution in [1.29, 1.82) is 0 Å². The molecular weight excluding hydrogens is 262 g/mol. The number of hydrogen-bond acceptors (Lipinski definition) is 4. The number of aromatic carboxylic acids is 1. The number of hydrogen-bond donors (Lipinski definition) is 1. The van der Waals surface area contributed by atoms with Gasteiger partial charge in [-0.1, -0.05) is 16.8 Å². The molecule has 0 aliphatic carbocycles. The van der Waals surface area contributed by atoms with Gasteiger partial charge >= 0.3 is 5.97 Å². The molecule has 0 amide bonds. The first-order chi connectivity index (χ1) is 8.11. The SMILES string of the molecule is CSc1ccc(Cl)c(-c2cc(C(=O)O)on2)c1. The number of halogens is 1.